The molecule has 1 rings (SSSR count). The minimum Gasteiger partial charge on any atom is -0.339 e. The van der Waals surface area contributed by atoms with Crippen molar-refractivity contribution in [1.29, 1.82) is 0 Å². The SMILES string of the molecule is CC(CN)C(=O)N(C)Cc1nccs1.Cl.Cl. The van der Waals surface area contributed by atoms with E-state index in [0.717, 1.165) is 5.01 Å². The predicted molar refractivity (Wildman–Crippen MR) is 71.3 cm³/mol. The van der Waals surface area contributed by atoms with E-state index in [1.807, 2.05) is 12.3 Å². The molecule has 1 heterocycles. The Morgan fingerprint density at radius 1 is 1.62 bits per heavy atom. The largest absolute Gasteiger partial charge is 0.339 e. The molecular formula is C9H17Cl2N3OS. The van der Waals surface area contributed by atoms with Gasteiger partial charge in [-0.1, -0.05) is 6.92 Å². The number of nitrogens with two attached hydrogens (primary N) is 1. The second-order valence-electron chi connectivity index (χ2n) is 3.26. The fourth-order valence-corrected chi connectivity index (χ4v) is 1.76. The van der Waals surface area contributed by atoms with Gasteiger partial charge in [-0.15, -0.1) is 36.2 Å². The number of amides is 1. The molecule has 0 saturated carbocycles. The molecule has 7 heteroatoms. The monoisotopic (exact) mass is 285 g/mol. The molecule has 1 unspecified atom stereocenters. The zero-order chi connectivity index (χ0) is 10.6. The van der Waals surface area contributed by atoms with Crippen molar-refractivity contribution in [3.8, 4) is 0 Å². The first kappa shape index (κ1) is 18.0. The predicted octanol–water partition coefficient (Wildman–Crippen LogP) is 1.54. The molecule has 0 fully saturated rings. The Balaban J connectivity index is 0. The van der Waals surface area contributed by atoms with Crippen LogP contribution in [0.1, 0.15) is 11.9 Å². The Labute approximate surface area is 112 Å². The van der Waals surface area contributed by atoms with Crippen molar-refractivity contribution in [1.82, 2.24) is 9.88 Å². The number of rotatable bonds is 4. The number of carbonyl (C=O) groups excluding carboxylic acids is 1. The number of nitrogens with zero attached hydrogens (tertiary/aromatic N) is 2. The van der Waals surface area contributed by atoms with Crippen LogP contribution in [0.25, 0.3) is 0 Å². The van der Waals surface area contributed by atoms with Gasteiger partial charge < -0.3 is 10.6 Å². The summed E-state index contributed by atoms with van der Waals surface area (Å²) in [5.74, 6) is -0.0392. The maximum atomic E-state index is 11.6. The first-order valence-corrected chi connectivity index (χ1v) is 5.36. The van der Waals surface area contributed by atoms with Crippen LogP contribution < -0.4 is 5.73 Å². The second-order valence-corrected chi connectivity index (χ2v) is 4.24. The van der Waals surface area contributed by atoms with E-state index < -0.39 is 0 Å². The molecule has 16 heavy (non-hydrogen) atoms. The highest BCUT2D eigenvalue weighted by atomic mass is 35.5. The molecular weight excluding hydrogens is 269 g/mol. The lowest BCUT2D eigenvalue weighted by Gasteiger charge is -2.19. The summed E-state index contributed by atoms with van der Waals surface area (Å²) in [6.07, 6.45) is 1.74. The lowest BCUT2D eigenvalue weighted by molar-refractivity contribution is -0.133. The number of aromatic nitrogens is 1. The molecule has 2 N–H and O–H groups in total. The molecule has 4 nitrogen and oxygen atoms in total. The van der Waals surface area contributed by atoms with Gasteiger partial charge in [-0.05, 0) is 0 Å². The van der Waals surface area contributed by atoms with E-state index in [-0.39, 0.29) is 36.6 Å². The summed E-state index contributed by atoms with van der Waals surface area (Å²) in [6.45, 7) is 2.79. The minimum atomic E-state index is -0.111. The van der Waals surface area contributed by atoms with Gasteiger partial charge in [0.25, 0.3) is 0 Å². The summed E-state index contributed by atoms with van der Waals surface area (Å²) in [5.41, 5.74) is 5.42. The highest BCUT2D eigenvalue weighted by Crippen LogP contribution is 2.08. The van der Waals surface area contributed by atoms with Crippen LogP contribution in [0.15, 0.2) is 11.6 Å². The average Bonchev–Trinajstić information content (AvgIpc) is 2.68. The number of halogens is 2. The quantitative estimate of drug-likeness (QED) is 0.913. The van der Waals surface area contributed by atoms with E-state index in [1.54, 1.807) is 29.5 Å². The fourth-order valence-electron chi connectivity index (χ4n) is 1.09. The Kier molecular flexibility index (Phi) is 9.86. The molecule has 1 amide bonds. The molecule has 0 aromatic carbocycles. The first-order chi connectivity index (χ1) is 6.65. The Bertz CT molecular complexity index is 295. The third kappa shape index (κ3) is 5.12. The van der Waals surface area contributed by atoms with Crippen LogP contribution in [0, 0.1) is 5.92 Å². The summed E-state index contributed by atoms with van der Waals surface area (Å²) < 4.78 is 0. The van der Waals surface area contributed by atoms with Crippen LogP contribution in [-0.2, 0) is 11.3 Å². The fraction of sp³-hybridized carbons (Fsp3) is 0.556. The molecule has 0 saturated heterocycles. The molecule has 1 atom stereocenters. The van der Waals surface area contributed by atoms with E-state index in [4.69, 9.17) is 5.73 Å². The molecule has 94 valence electrons. The van der Waals surface area contributed by atoms with E-state index in [1.165, 1.54) is 0 Å². The Morgan fingerprint density at radius 3 is 2.69 bits per heavy atom. The van der Waals surface area contributed by atoms with Gasteiger partial charge in [0.05, 0.1) is 6.54 Å². The van der Waals surface area contributed by atoms with E-state index in [0.29, 0.717) is 13.1 Å². The van der Waals surface area contributed by atoms with Crippen molar-refractivity contribution in [3.05, 3.63) is 16.6 Å². The van der Waals surface area contributed by atoms with Gasteiger partial charge in [0.2, 0.25) is 5.91 Å². The molecule has 0 spiro atoms. The number of carbonyl (C=O) groups is 1. The molecule has 1 aromatic heterocycles. The molecule has 0 radical (unpaired) electrons. The van der Waals surface area contributed by atoms with Crippen LogP contribution in [0.4, 0.5) is 0 Å². The highest BCUT2D eigenvalue weighted by molar-refractivity contribution is 7.09. The van der Waals surface area contributed by atoms with Crippen molar-refractivity contribution in [3.63, 3.8) is 0 Å². The van der Waals surface area contributed by atoms with Gasteiger partial charge in [-0.3, -0.25) is 4.79 Å². The van der Waals surface area contributed by atoms with Gasteiger partial charge >= 0.3 is 0 Å². The average molecular weight is 286 g/mol. The first-order valence-electron chi connectivity index (χ1n) is 4.48. The van der Waals surface area contributed by atoms with Crippen LogP contribution in [0.3, 0.4) is 0 Å². The third-order valence-electron chi connectivity index (χ3n) is 2.01. The highest BCUT2D eigenvalue weighted by Gasteiger charge is 2.16. The zero-order valence-electron chi connectivity index (χ0n) is 9.25. The van der Waals surface area contributed by atoms with Gasteiger partial charge in [0, 0.05) is 31.1 Å². The van der Waals surface area contributed by atoms with Crippen LogP contribution in [0.2, 0.25) is 0 Å². The van der Waals surface area contributed by atoms with E-state index >= 15 is 0 Å². The standard InChI is InChI=1S/C9H15N3OS.2ClH/c1-7(5-10)9(13)12(2)6-8-11-3-4-14-8;;/h3-4,7H,5-6,10H2,1-2H3;2*1H. The molecule has 1 aromatic rings. The lowest BCUT2D eigenvalue weighted by Crippen LogP contribution is -2.34. The number of thiazole rings is 1. The van der Waals surface area contributed by atoms with Gasteiger partial charge in [-0.2, -0.15) is 0 Å². The maximum absolute atomic E-state index is 11.6. The van der Waals surface area contributed by atoms with E-state index in [9.17, 15) is 4.79 Å². The van der Waals surface area contributed by atoms with Crippen LogP contribution >= 0.6 is 36.2 Å². The summed E-state index contributed by atoms with van der Waals surface area (Å²) in [6, 6.07) is 0. The van der Waals surface area contributed by atoms with Crippen molar-refractivity contribution >= 4 is 42.1 Å². The van der Waals surface area contributed by atoms with Crippen molar-refractivity contribution in [2.75, 3.05) is 13.6 Å². The third-order valence-corrected chi connectivity index (χ3v) is 2.77. The maximum Gasteiger partial charge on any atom is 0.226 e. The number of hydrogen-bond acceptors (Lipinski definition) is 4. The van der Waals surface area contributed by atoms with Crippen molar-refractivity contribution in [2.45, 2.75) is 13.5 Å². The molecule has 0 bridgehead atoms. The Hall–Kier alpha value is -0.360. The summed E-state index contributed by atoms with van der Waals surface area (Å²) in [7, 11) is 1.77. The van der Waals surface area contributed by atoms with Gasteiger partial charge in [0.15, 0.2) is 0 Å². The normalized spacial score (nSPS) is 10.9. The van der Waals surface area contributed by atoms with E-state index in [2.05, 4.69) is 4.98 Å². The lowest BCUT2D eigenvalue weighted by atomic mass is 10.1. The van der Waals surface area contributed by atoms with Crippen LogP contribution in [0.5, 0.6) is 0 Å². The molecule has 0 aliphatic rings. The van der Waals surface area contributed by atoms with Crippen molar-refractivity contribution < 1.29 is 4.79 Å². The van der Waals surface area contributed by atoms with Crippen LogP contribution in [-0.4, -0.2) is 29.4 Å². The van der Waals surface area contributed by atoms with Gasteiger partial charge in [-0.25, -0.2) is 4.98 Å². The summed E-state index contributed by atoms with van der Waals surface area (Å²) in [5, 5.41) is 2.85. The molecule has 0 aliphatic heterocycles. The smallest absolute Gasteiger partial charge is 0.226 e. The summed E-state index contributed by atoms with van der Waals surface area (Å²) >= 11 is 1.55. The zero-order valence-corrected chi connectivity index (χ0v) is 11.7. The molecule has 0 aliphatic carbocycles. The van der Waals surface area contributed by atoms with Crippen molar-refractivity contribution in [2.24, 2.45) is 11.7 Å². The minimum absolute atomic E-state index is 0. The Morgan fingerprint density at radius 2 is 2.25 bits per heavy atom. The number of hydrogen-bond donors (Lipinski definition) is 1. The van der Waals surface area contributed by atoms with Gasteiger partial charge in [0.1, 0.15) is 5.01 Å². The second kappa shape index (κ2) is 8.75. The summed E-state index contributed by atoms with van der Waals surface area (Å²) in [4.78, 5) is 17.4. The topological polar surface area (TPSA) is 59.2 Å².